The molecule has 2 fully saturated rings. The predicted octanol–water partition coefficient (Wildman–Crippen LogP) is 2.85. The van der Waals surface area contributed by atoms with E-state index in [9.17, 15) is 4.79 Å². The van der Waals surface area contributed by atoms with E-state index in [1.54, 1.807) is 0 Å². The molecule has 0 atom stereocenters. The van der Waals surface area contributed by atoms with Crippen LogP contribution in [0.2, 0.25) is 0 Å². The number of nitrogens with one attached hydrogen (secondary N) is 1. The predicted molar refractivity (Wildman–Crippen MR) is 85.5 cm³/mol. The molecule has 0 radical (unpaired) electrons. The molecule has 2 heterocycles. The number of piperidine rings is 2. The highest BCUT2D eigenvalue weighted by Gasteiger charge is 2.36. The second kappa shape index (κ2) is 6.18. The maximum absolute atomic E-state index is 12.6. The second-order valence-corrected chi connectivity index (χ2v) is 6.59. The first kappa shape index (κ1) is 14.6. The molecule has 1 amide bonds. The molecule has 2 aliphatic heterocycles. The van der Waals surface area contributed by atoms with Gasteiger partial charge < -0.3 is 10.2 Å². The summed E-state index contributed by atoms with van der Waals surface area (Å²) in [5.41, 5.74) is 2.64. The molecule has 2 saturated heterocycles. The Morgan fingerprint density at radius 1 is 1.10 bits per heavy atom. The van der Waals surface area contributed by atoms with Crippen LogP contribution in [0.4, 0.5) is 0 Å². The zero-order chi connectivity index (χ0) is 14.7. The summed E-state index contributed by atoms with van der Waals surface area (Å²) in [6.07, 6.45) is 5.93. The largest absolute Gasteiger partial charge is 0.339 e. The van der Waals surface area contributed by atoms with Crippen molar-refractivity contribution in [3.05, 3.63) is 35.4 Å². The lowest BCUT2D eigenvalue weighted by Gasteiger charge is -2.44. The Morgan fingerprint density at radius 3 is 2.29 bits per heavy atom. The zero-order valence-corrected chi connectivity index (χ0v) is 13.0. The third kappa shape index (κ3) is 3.13. The van der Waals surface area contributed by atoms with Gasteiger partial charge in [0.25, 0.3) is 5.91 Å². The first-order valence-electron chi connectivity index (χ1n) is 8.31. The number of amides is 1. The molecule has 2 aliphatic rings. The van der Waals surface area contributed by atoms with Gasteiger partial charge in [-0.3, -0.25) is 4.79 Å². The molecule has 3 rings (SSSR count). The summed E-state index contributed by atoms with van der Waals surface area (Å²) in [6.45, 7) is 6.28. The van der Waals surface area contributed by atoms with E-state index in [2.05, 4.69) is 24.4 Å². The Morgan fingerprint density at radius 2 is 1.71 bits per heavy atom. The lowest BCUT2D eigenvalue weighted by Crippen LogP contribution is -2.47. The molecule has 0 unspecified atom stereocenters. The monoisotopic (exact) mass is 286 g/mol. The van der Waals surface area contributed by atoms with Crippen molar-refractivity contribution < 1.29 is 4.79 Å². The van der Waals surface area contributed by atoms with Gasteiger partial charge in [0.05, 0.1) is 0 Å². The molecular formula is C18H26N2O. The normalized spacial score (nSPS) is 21.5. The quantitative estimate of drug-likeness (QED) is 0.906. The van der Waals surface area contributed by atoms with Crippen molar-refractivity contribution in [1.82, 2.24) is 10.2 Å². The van der Waals surface area contributed by atoms with E-state index in [4.69, 9.17) is 0 Å². The summed E-state index contributed by atoms with van der Waals surface area (Å²) < 4.78 is 0. The van der Waals surface area contributed by atoms with Crippen LogP contribution in [0.1, 0.15) is 48.5 Å². The number of carbonyl (C=O) groups is 1. The van der Waals surface area contributed by atoms with Crippen molar-refractivity contribution in [3.8, 4) is 0 Å². The van der Waals surface area contributed by atoms with Crippen molar-refractivity contribution in [2.75, 3.05) is 26.2 Å². The first-order valence-corrected chi connectivity index (χ1v) is 8.31. The van der Waals surface area contributed by atoms with Gasteiger partial charge in [0, 0.05) is 18.7 Å². The minimum atomic E-state index is 0.210. The number of likely N-dealkylation sites (tertiary alicyclic amines) is 1. The van der Waals surface area contributed by atoms with Crippen molar-refractivity contribution >= 4 is 5.91 Å². The van der Waals surface area contributed by atoms with Crippen LogP contribution >= 0.6 is 0 Å². The fourth-order valence-electron chi connectivity index (χ4n) is 3.71. The smallest absolute Gasteiger partial charge is 0.253 e. The van der Waals surface area contributed by atoms with Crippen LogP contribution in [0.5, 0.6) is 0 Å². The molecule has 1 aromatic rings. The fraction of sp³-hybridized carbons (Fsp3) is 0.611. The number of hydrogen-bond donors (Lipinski definition) is 1. The van der Waals surface area contributed by atoms with Gasteiger partial charge in [-0.25, -0.2) is 0 Å². The molecule has 0 bridgehead atoms. The minimum absolute atomic E-state index is 0.210. The van der Waals surface area contributed by atoms with Gasteiger partial charge in [-0.1, -0.05) is 19.1 Å². The Bertz CT molecular complexity index is 478. The van der Waals surface area contributed by atoms with Crippen LogP contribution in [0, 0.1) is 5.41 Å². The van der Waals surface area contributed by atoms with Gasteiger partial charge >= 0.3 is 0 Å². The fourth-order valence-corrected chi connectivity index (χ4v) is 3.71. The molecule has 3 nitrogen and oxygen atoms in total. The molecule has 0 aliphatic carbocycles. The topological polar surface area (TPSA) is 32.3 Å². The average Bonchev–Trinajstić information content (AvgIpc) is 2.56. The summed E-state index contributed by atoms with van der Waals surface area (Å²) >= 11 is 0. The summed E-state index contributed by atoms with van der Waals surface area (Å²) in [6, 6.07) is 8.11. The van der Waals surface area contributed by atoms with E-state index < -0.39 is 0 Å². The lowest BCUT2D eigenvalue weighted by atomic mass is 9.71. The number of nitrogens with zero attached hydrogens (tertiary/aromatic N) is 1. The molecule has 1 N–H and O–H groups in total. The summed E-state index contributed by atoms with van der Waals surface area (Å²) in [5, 5.41) is 3.45. The van der Waals surface area contributed by atoms with Crippen molar-refractivity contribution in [1.29, 1.82) is 0 Å². The molecule has 0 aromatic heterocycles. The minimum Gasteiger partial charge on any atom is -0.339 e. The van der Waals surface area contributed by atoms with Crippen molar-refractivity contribution in [2.45, 2.75) is 39.0 Å². The van der Waals surface area contributed by atoms with E-state index in [1.807, 2.05) is 17.0 Å². The summed E-state index contributed by atoms with van der Waals surface area (Å²) in [4.78, 5) is 14.6. The SMILES string of the molecule is CCc1ccc(C(=O)N2CCC3(CCNCC3)CC2)cc1. The maximum Gasteiger partial charge on any atom is 0.253 e. The highest BCUT2D eigenvalue weighted by molar-refractivity contribution is 5.94. The highest BCUT2D eigenvalue weighted by atomic mass is 16.2. The number of aryl methyl sites for hydroxylation is 1. The zero-order valence-electron chi connectivity index (χ0n) is 13.0. The van der Waals surface area contributed by atoms with Crippen molar-refractivity contribution in [3.63, 3.8) is 0 Å². The third-order valence-corrected chi connectivity index (χ3v) is 5.38. The van der Waals surface area contributed by atoms with Crippen LogP contribution in [0.3, 0.4) is 0 Å². The number of carbonyl (C=O) groups excluding carboxylic acids is 1. The van der Waals surface area contributed by atoms with Crippen LogP contribution in [0.25, 0.3) is 0 Å². The second-order valence-electron chi connectivity index (χ2n) is 6.59. The first-order chi connectivity index (χ1) is 10.2. The van der Waals surface area contributed by atoms with Crippen LogP contribution in [0.15, 0.2) is 24.3 Å². The van der Waals surface area contributed by atoms with E-state index in [1.165, 1.54) is 31.2 Å². The maximum atomic E-state index is 12.6. The van der Waals surface area contributed by atoms with Crippen LogP contribution in [-0.4, -0.2) is 37.0 Å². The van der Waals surface area contributed by atoms with Crippen molar-refractivity contribution in [2.24, 2.45) is 5.41 Å². The Labute approximate surface area is 127 Å². The molecular weight excluding hydrogens is 260 g/mol. The molecule has 114 valence electrons. The average molecular weight is 286 g/mol. The molecule has 21 heavy (non-hydrogen) atoms. The highest BCUT2D eigenvalue weighted by Crippen LogP contribution is 2.39. The summed E-state index contributed by atoms with van der Waals surface area (Å²) in [7, 11) is 0. The van der Waals surface area contributed by atoms with Crippen LogP contribution in [-0.2, 0) is 6.42 Å². The molecule has 1 aromatic carbocycles. The Kier molecular flexibility index (Phi) is 4.29. The van der Waals surface area contributed by atoms with Gasteiger partial charge in [-0.2, -0.15) is 0 Å². The van der Waals surface area contributed by atoms with Gasteiger partial charge in [-0.15, -0.1) is 0 Å². The van der Waals surface area contributed by atoms with E-state index in [-0.39, 0.29) is 5.91 Å². The van der Waals surface area contributed by atoms with Gasteiger partial charge in [0.15, 0.2) is 0 Å². The Balaban J connectivity index is 1.61. The van der Waals surface area contributed by atoms with Gasteiger partial charge in [0.1, 0.15) is 0 Å². The van der Waals surface area contributed by atoms with Crippen LogP contribution < -0.4 is 5.32 Å². The third-order valence-electron chi connectivity index (χ3n) is 5.38. The number of hydrogen-bond acceptors (Lipinski definition) is 2. The lowest BCUT2D eigenvalue weighted by molar-refractivity contribution is 0.0495. The van der Waals surface area contributed by atoms with Gasteiger partial charge in [-0.05, 0) is 68.3 Å². The molecule has 1 spiro atoms. The number of rotatable bonds is 2. The standard InChI is InChI=1S/C18H26N2O/c1-2-15-3-5-16(6-4-15)17(21)20-13-9-18(10-14-20)7-11-19-12-8-18/h3-6,19H,2,7-14H2,1H3. The molecule has 3 heteroatoms. The molecule has 0 saturated carbocycles. The number of benzene rings is 1. The van der Waals surface area contributed by atoms with E-state index in [0.29, 0.717) is 5.41 Å². The van der Waals surface area contributed by atoms with Gasteiger partial charge in [0.2, 0.25) is 0 Å². The van der Waals surface area contributed by atoms with E-state index in [0.717, 1.165) is 38.2 Å². The van der Waals surface area contributed by atoms with E-state index >= 15 is 0 Å². The Hall–Kier alpha value is -1.35. The summed E-state index contributed by atoms with van der Waals surface area (Å²) in [5.74, 6) is 0.210.